The van der Waals surface area contributed by atoms with Crippen LogP contribution in [0.3, 0.4) is 0 Å². The van der Waals surface area contributed by atoms with Crippen molar-refractivity contribution in [3.63, 3.8) is 0 Å². The standard InChI is InChI=1S/C24H31N/c1-6-8-13-24-22(10-7-2)11-9-12-23(24)17-20-14-19(3)15-21(16-20)18-25(4)5/h7-16H,6,17-18H2,1-5H3/b10-7-,13-8+. The molecule has 0 spiro atoms. The lowest BCUT2D eigenvalue weighted by Gasteiger charge is -2.14. The van der Waals surface area contributed by atoms with Gasteiger partial charge in [0.2, 0.25) is 0 Å². The molecule has 0 saturated carbocycles. The Bertz CT molecular complexity index is 751. The molecule has 0 radical (unpaired) electrons. The summed E-state index contributed by atoms with van der Waals surface area (Å²) in [6.07, 6.45) is 10.9. The van der Waals surface area contributed by atoms with Gasteiger partial charge in [0, 0.05) is 6.54 Å². The predicted octanol–water partition coefficient (Wildman–Crippen LogP) is 6.10. The van der Waals surface area contributed by atoms with Crippen molar-refractivity contribution in [3.8, 4) is 0 Å². The van der Waals surface area contributed by atoms with E-state index in [0.717, 1.165) is 19.4 Å². The second-order valence-corrected chi connectivity index (χ2v) is 6.97. The molecular formula is C24H31N. The zero-order valence-electron chi connectivity index (χ0n) is 16.3. The predicted molar refractivity (Wildman–Crippen MR) is 112 cm³/mol. The number of allylic oxidation sites excluding steroid dienone is 2. The van der Waals surface area contributed by atoms with Crippen LogP contribution in [0.2, 0.25) is 0 Å². The minimum atomic E-state index is 0.969. The molecule has 132 valence electrons. The lowest BCUT2D eigenvalue weighted by atomic mass is 9.93. The van der Waals surface area contributed by atoms with Gasteiger partial charge in [0.25, 0.3) is 0 Å². The first-order valence-electron chi connectivity index (χ1n) is 9.18. The monoisotopic (exact) mass is 333 g/mol. The molecule has 0 heterocycles. The topological polar surface area (TPSA) is 3.24 Å². The molecule has 0 aliphatic rings. The molecule has 2 aromatic rings. The van der Waals surface area contributed by atoms with Crippen molar-refractivity contribution in [1.82, 2.24) is 4.90 Å². The van der Waals surface area contributed by atoms with Gasteiger partial charge in [0.15, 0.2) is 0 Å². The average Bonchev–Trinajstić information content (AvgIpc) is 2.53. The highest BCUT2D eigenvalue weighted by molar-refractivity contribution is 5.68. The molecule has 25 heavy (non-hydrogen) atoms. The van der Waals surface area contributed by atoms with E-state index in [-0.39, 0.29) is 0 Å². The second-order valence-electron chi connectivity index (χ2n) is 6.97. The van der Waals surface area contributed by atoms with Gasteiger partial charge in [-0.3, -0.25) is 0 Å². The molecule has 2 aromatic carbocycles. The summed E-state index contributed by atoms with van der Waals surface area (Å²) in [6.45, 7) is 7.43. The van der Waals surface area contributed by atoms with Gasteiger partial charge in [-0.25, -0.2) is 0 Å². The van der Waals surface area contributed by atoms with Crippen LogP contribution in [0.15, 0.2) is 48.6 Å². The van der Waals surface area contributed by atoms with E-state index in [1.54, 1.807) is 0 Å². The maximum atomic E-state index is 2.35. The Balaban J connectivity index is 2.41. The molecule has 0 aliphatic heterocycles. The van der Waals surface area contributed by atoms with Gasteiger partial charge >= 0.3 is 0 Å². The minimum Gasteiger partial charge on any atom is -0.305 e. The minimum absolute atomic E-state index is 0.969. The Morgan fingerprint density at radius 1 is 1.00 bits per heavy atom. The van der Waals surface area contributed by atoms with E-state index < -0.39 is 0 Å². The van der Waals surface area contributed by atoms with Crippen LogP contribution in [0.25, 0.3) is 12.2 Å². The Morgan fingerprint density at radius 3 is 2.44 bits per heavy atom. The Hall–Kier alpha value is -2.12. The summed E-state index contributed by atoms with van der Waals surface area (Å²) in [5, 5.41) is 0. The summed E-state index contributed by atoms with van der Waals surface area (Å²) < 4.78 is 0. The number of aryl methyl sites for hydroxylation is 1. The highest BCUT2D eigenvalue weighted by atomic mass is 15.0. The fourth-order valence-electron chi connectivity index (χ4n) is 3.28. The van der Waals surface area contributed by atoms with Crippen LogP contribution in [0.4, 0.5) is 0 Å². The van der Waals surface area contributed by atoms with Crippen molar-refractivity contribution in [1.29, 1.82) is 0 Å². The van der Waals surface area contributed by atoms with Crippen LogP contribution in [0, 0.1) is 6.92 Å². The van der Waals surface area contributed by atoms with E-state index in [2.05, 4.69) is 100 Å². The van der Waals surface area contributed by atoms with Gasteiger partial charge in [0.05, 0.1) is 0 Å². The molecule has 0 unspecified atom stereocenters. The summed E-state index contributed by atoms with van der Waals surface area (Å²) in [5.41, 5.74) is 8.14. The summed E-state index contributed by atoms with van der Waals surface area (Å²) >= 11 is 0. The van der Waals surface area contributed by atoms with Crippen molar-refractivity contribution in [2.75, 3.05) is 14.1 Å². The molecule has 0 aliphatic carbocycles. The maximum absolute atomic E-state index is 2.35. The summed E-state index contributed by atoms with van der Waals surface area (Å²) in [5.74, 6) is 0. The molecule has 1 heteroatoms. The fourth-order valence-corrected chi connectivity index (χ4v) is 3.28. The van der Waals surface area contributed by atoms with Gasteiger partial charge in [-0.15, -0.1) is 0 Å². The number of rotatable bonds is 7. The normalized spacial score (nSPS) is 11.9. The molecule has 0 atom stereocenters. The second kappa shape index (κ2) is 9.39. The van der Waals surface area contributed by atoms with E-state index in [9.17, 15) is 0 Å². The SMILES string of the molecule is C/C=C\c1cccc(Cc2cc(C)cc(CN(C)C)c2)c1/C=C/CC. The van der Waals surface area contributed by atoms with Crippen molar-refractivity contribution in [2.24, 2.45) is 0 Å². The molecule has 0 bridgehead atoms. The Labute approximate surface area is 153 Å². The first kappa shape index (κ1) is 19.2. The number of nitrogens with zero attached hydrogens (tertiary/aromatic N) is 1. The van der Waals surface area contributed by atoms with E-state index >= 15 is 0 Å². The van der Waals surface area contributed by atoms with E-state index in [1.807, 2.05) is 0 Å². The molecular weight excluding hydrogens is 302 g/mol. The van der Waals surface area contributed by atoms with E-state index in [0.29, 0.717) is 0 Å². The summed E-state index contributed by atoms with van der Waals surface area (Å²) in [7, 11) is 4.24. The van der Waals surface area contributed by atoms with E-state index in [4.69, 9.17) is 0 Å². The van der Waals surface area contributed by atoms with Crippen LogP contribution >= 0.6 is 0 Å². The highest BCUT2D eigenvalue weighted by Crippen LogP contribution is 2.23. The van der Waals surface area contributed by atoms with Gasteiger partial charge < -0.3 is 4.90 Å². The summed E-state index contributed by atoms with van der Waals surface area (Å²) in [4.78, 5) is 2.22. The molecule has 2 rings (SSSR count). The highest BCUT2D eigenvalue weighted by Gasteiger charge is 2.07. The van der Waals surface area contributed by atoms with Crippen LogP contribution < -0.4 is 0 Å². The lowest BCUT2D eigenvalue weighted by Crippen LogP contribution is -2.11. The Morgan fingerprint density at radius 2 is 1.76 bits per heavy atom. The van der Waals surface area contributed by atoms with Gasteiger partial charge in [-0.1, -0.05) is 73.2 Å². The molecule has 0 saturated heterocycles. The van der Waals surface area contributed by atoms with Crippen molar-refractivity contribution in [3.05, 3.63) is 81.9 Å². The zero-order chi connectivity index (χ0) is 18.2. The third kappa shape index (κ3) is 5.72. The van der Waals surface area contributed by atoms with Crippen molar-refractivity contribution in [2.45, 2.75) is 40.2 Å². The van der Waals surface area contributed by atoms with Crippen LogP contribution in [-0.2, 0) is 13.0 Å². The van der Waals surface area contributed by atoms with Crippen LogP contribution in [0.5, 0.6) is 0 Å². The molecule has 0 fully saturated rings. The average molecular weight is 334 g/mol. The zero-order valence-corrected chi connectivity index (χ0v) is 16.3. The van der Waals surface area contributed by atoms with Crippen molar-refractivity contribution < 1.29 is 0 Å². The van der Waals surface area contributed by atoms with Gasteiger partial charge in [0.1, 0.15) is 0 Å². The van der Waals surface area contributed by atoms with Crippen molar-refractivity contribution >= 4 is 12.2 Å². The van der Waals surface area contributed by atoms with Crippen LogP contribution in [-0.4, -0.2) is 19.0 Å². The van der Waals surface area contributed by atoms with Gasteiger partial charge in [-0.2, -0.15) is 0 Å². The third-order valence-electron chi connectivity index (χ3n) is 4.19. The Kier molecular flexibility index (Phi) is 7.21. The van der Waals surface area contributed by atoms with Crippen LogP contribution in [0.1, 0.15) is 53.6 Å². The number of hydrogen-bond acceptors (Lipinski definition) is 1. The smallest absolute Gasteiger partial charge is 0.0227 e. The lowest BCUT2D eigenvalue weighted by molar-refractivity contribution is 0.402. The van der Waals surface area contributed by atoms with E-state index in [1.165, 1.54) is 33.4 Å². The molecule has 0 N–H and O–H groups in total. The first-order chi connectivity index (χ1) is 12.0. The maximum Gasteiger partial charge on any atom is 0.0227 e. The molecule has 0 aromatic heterocycles. The number of benzene rings is 2. The molecule has 0 amide bonds. The number of hydrogen-bond donors (Lipinski definition) is 0. The fraction of sp³-hybridized carbons (Fsp3) is 0.333. The quantitative estimate of drug-likeness (QED) is 0.591. The first-order valence-corrected chi connectivity index (χ1v) is 9.18. The third-order valence-corrected chi connectivity index (χ3v) is 4.19. The van der Waals surface area contributed by atoms with Gasteiger partial charge in [-0.05, 0) is 68.6 Å². The molecule has 1 nitrogen and oxygen atoms in total. The largest absolute Gasteiger partial charge is 0.305 e. The summed E-state index contributed by atoms with van der Waals surface area (Å²) in [6, 6.07) is 13.6.